The molecule has 3 rings (SSSR count). The minimum Gasteiger partial charge on any atom is -0.462 e. The second kappa shape index (κ2) is 10.2. The van der Waals surface area contributed by atoms with E-state index in [1.165, 1.54) is 11.3 Å². The Labute approximate surface area is 179 Å². The first-order valence-electron chi connectivity index (χ1n) is 10.2. The van der Waals surface area contributed by atoms with Gasteiger partial charge in [0.1, 0.15) is 5.00 Å². The van der Waals surface area contributed by atoms with Crippen molar-refractivity contribution in [3.8, 4) is 0 Å². The third kappa shape index (κ3) is 5.18. The maximum absolute atomic E-state index is 12.5. The molecular formula is C22H26N2O5S. The van der Waals surface area contributed by atoms with Gasteiger partial charge in [0.2, 0.25) is 5.91 Å². The maximum atomic E-state index is 12.5. The molecule has 2 aromatic rings. The van der Waals surface area contributed by atoms with Crippen molar-refractivity contribution in [2.45, 2.75) is 39.5 Å². The first-order chi connectivity index (χ1) is 14.5. The van der Waals surface area contributed by atoms with Crippen molar-refractivity contribution in [1.82, 2.24) is 0 Å². The van der Waals surface area contributed by atoms with Gasteiger partial charge in [0.15, 0.2) is 0 Å². The number of thiophene rings is 1. The minimum absolute atomic E-state index is 0.00287. The first-order valence-corrected chi connectivity index (χ1v) is 11.0. The van der Waals surface area contributed by atoms with Crippen molar-refractivity contribution in [3.05, 3.63) is 45.8 Å². The fraction of sp³-hybridized carbons (Fsp3) is 0.409. The van der Waals surface area contributed by atoms with Crippen LogP contribution in [0.4, 0.5) is 10.7 Å². The van der Waals surface area contributed by atoms with Gasteiger partial charge < -0.3 is 20.1 Å². The number of hydrogen-bond acceptors (Lipinski definition) is 7. The number of nitrogens with one attached hydrogen (secondary N) is 2. The molecule has 0 saturated carbocycles. The molecule has 1 heterocycles. The van der Waals surface area contributed by atoms with Crippen LogP contribution in [0, 0.1) is 0 Å². The third-order valence-electron chi connectivity index (χ3n) is 4.73. The molecule has 0 spiro atoms. The van der Waals surface area contributed by atoms with Gasteiger partial charge in [-0.15, -0.1) is 11.3 Å². The summed E-state index contributed by atoms with van der Waals surface area (Å²) >= 11 is 1.46. The number of amides is 1. The predicted octanol–water partition coefficient (Wildman–Crippen LogP) is 4.03. The Hall–Kier alpha value is -2.87. The van der Waals surface area contributed by atoms with Gasteiger partial charge in [-0.2, -0.15) is 0 Å². The first kappa shape index (κ1) is 21.8. The molecule has 0 radical (unpaired) electrons. The number of aryl methyl sites for hydroxylation is 1. The highest BCUT2D eigenvalue weighted by molar-refractivity contribution is 7.17. The van der Waals surface area contributed by atoms with E-state index in [-0.39, 0.29) is 25.0 Å². The average Bonchev–Trinajstić information content (AvgIpc) is 3.10. The number of esters is 2. The summed E-state index contributed by atoms with van der Waals surface area (Å²) < 4.78 is 10.2. The van der Waals surface area contributed by atoms with Crippen molar-refractivity contribution in [1.29, 1.82) is 0 Å². The summed E-state index contributed by atoms with van der Waals surface area (Å²) in [7, 11) is 0. The van der Waals surface area contributed by atoms with Crippen LogP contribution in [-0.2, 0) is 27.1 Å². The smallest absolute Gasteiger partial charge is 0.341 e. The summed E-state index contributed by atoms with van der Waals surface area (Å²) in [6.07, 6.45) is 3.86. The second-order valence-corrected chi connectivity index (χ2v) is 7.94. The molecule has 0 saturated heterocycles. The molecule has 1 aliphatic rings. The molecule has 30 heavy (non-hydrogen) atoms. The summed E-state index contributed by atoms with van der Waals surface area (Å²) in [5.74, 6) is -1.07. The summed E-state index contributed by atoms with van der Waals surface area (Å²) in [5.41, 5.74) is 2.55. The average molecular weight is 431 g/mol. The number of rotatable bonds is 8. The Morgan fingerprint density at radius 2 is 1.77 bits per heavy atom. The van der Waals surface area contributed by atoms with Crippen LogP contribution in [0.2, 0.25) is 0 Å². The molecule has 8 heteroatoms. The zero-order valence-corrected chi connectivity index (χ0v) is 18.0. The molecule has 0 atom stereocenters. The standard InChI is InChI=1S/C22H26N2O5S/c1-3-28-21(26)14-8-7-9-15(12-14)23-13-18(25)24-20-19(22(27)29-4-2)16-10-5-6-11-17(16)30-20/h7-9,12,23H,3-6,10-11,13H2,1-2H3,(H,24,25). The van der Waals surface area contributed by atoms with Gasteiger partial charge in [-0.1, -0.05) is 6.07 Å². The van der Waals surface area contributed by atoms with Gasteiger partial charge in [-0.3, -0.25) is 4.79 Å². The van der Waals surface area contributed by atoms with Crippen LogP contribution >= 0.6 is 11.3 Å². The van der Waals surface area contributed by atoms with Crippen LogP contribution in [0.15, 0.2) is 24.3 Å². The molecule has 7 nitrogen and oxygen atoms in total. The Morgan fingerprint density at radius 3 is 2.53 bits per heavy atom. The van der Waals surface area contributed by atoms with E-state index >= 15 is 0 Å². The van der Waals surface area contributed by atoms with Gasteiger partial charge in [0, 0.05) is 10.6 Å². The van der Waals surface area contributed by atoms with E-state index < -0.39 is 5.97 Å². The van der Waals surface area contributed by atoms with E-state index in [9.17, 15) is 14.4 Å². The molecular weight excluding hydrogens is 404 g/mol. The van der Waals surface area contributed by atoms with E-state index in [4.69, 9.17) is 9.47 Å². The van der Waals surface area contributed by atoms with E-state index in [0.29, 0.717) is 28.4 Å². The van der Waals surface area contributed by atoms with Crippen molar-refractivity contribution in [2.24, 2.45) is 0 Å². The van der Waals surface area contributed by atoms with Gasteiger partial charge >= 0.3 is 11.9 Å². The summed E-state index contributed by atoms with van der Waals surface area (Å²) in [6.45, 7) is 4.10. The normalized spacial score (nSPS) is 12.6. The third-order valence-corrected chi connectivity index (χ3v) is 5.94. The van der Waals surface area contributed by atoms with E-state index in [1.807, 2.05) is 0 Å². The molecule has 0 bridgehead atoms. The van der Waals surface area contributed by atoms with Gasteiger partial charge in [-0.25, -0.2) is 9.59 Å². The highest BCUT2D eigenvalue weighted by Crippen LogP contribution is 2.38. The van der Waals surface area contributed by atoms with Crippen molar-refractivity contribution < 1.29 is 23.9 Å². The zero-order chi connectivity index (χ0) is 21.5. The van der Waals surface area contributed by atoms with Crippen LogP contribution < -0.4 is 10.6 Å². The van der Waals surface area contributed by atoms with Crippen molar-refractivity contribution in [3.63, 3.8) is 0 Å². The highest BCUT2D eigenvalue weighted by atomic mass is 32.1. The molecule has 160 valence electrons. The highest BCUT2D eigenvalue weighted by Gasteiger charge is 2.27. The SMILES string of the molecule is CCOC(=O)c1cccc(NCC(=O)Nc2sc3c(c2C(=O)OCC)CCCC3)c1. The number of hydrogen-bond donors (Lipinski definition) is 2. The van der Waals surface area contributed by atoms with E-state index in [0.717, 1.165) is 36.1 Å². The van der Waals surface area contributed by atoms with Crippen LogP contribution in [0.5, 0.6) is 0 Å². The zero-order valence-electron chi connectivity index (χ0n) is 17.2. The molecule has 1 aromatic heterocycles. The number of fused-ring (bicyclic) bond motifs is 1. The monoisotopic (exact) mass is 430 g/mol. The lowest BCUT2D eigenvalue weighted by Crippen LogP contribution is -2.23. The quantitative estimate of drug-likeness (QED) is 0.614. The van der Waals surface area contributed by atoms with Gasteiger partial charge in [-0.05, 0) is 63.3 Å². The largest absolute Gasteiger partial charge is 0.462 e. The van der Waals surface area contributed by atoms with Crippen LogP contribution in [0.3, 0.4) is 0 Å². The van der Waals surface area contributed by atoms with E-state index in [2.05, 4.69) is 10.6 Å². The lowest BCUT2D eigenvalue weighted by Gasteiger charge is -2.12. The molecule has 0 unspecified atom stereocenters. The van der Waals surface area contributed by atoms with Gasteiger partial charge in [0.25, 0.3) is 0 Å². The molecule has 1 amide bonds. The van der Waals surface area contributed by atoms with Crippen LogP contribution in [0.1, 0.15) is 57.8 Å². The summed E-state index contributed by atoms with van der Waals surface area (Å²) in [5, 5.41) is 6.41. The Bertz CT molecular complexity index is 938. The van der Waals surface area contributed by atoms with Crippen LogP contribution in [0.25, 0.3) is 0 Å². The van der Waals surface area contributed by atoms with Crippen LogP contribution in [-0.4, -0.2) is 37.6 Å². The summed E-state index contributed by atoms with van der Waals surface area (Å²) in [6, 6.07) is 6.78. The number of anilines is 2. The predicted molar refractivity (Wildman–Crippen MR) is 116 cm³/mol. The number of carbonyl (C=O) groups is 3. The maximum Gasteiger partial charge on any atom is 0.341 e. The minimum atomic E-state index is -0.408. The Morgan fingerprint density at radius 1 is 1.03 bits per heavy atom. The fourth-order valence-electron chi connectivity index (χ4n) is 3.40. The molecule has 1 aromatic carbocycles. The Kier molecular flexibility index (Phi) is 7.46. The van der Waals surface area contributed by atoms with Crippen molar-refractivity contribution in [2.75, 3.05) is 30.4 Å². The Balaban J connectivity index is 1.68. The van der Waals surface area contributed by atoms with Gasteiger partial charge in [0.05, 0.1) is 30.9 Å². The molecule has 0 aliphatic heterocycles. The fourth-order valence-corrected chi connectivity index (χ4v) is 4.69. The molecule has 2 N–H and O–H groups in total. The summed E-state index contributed by atoms with van der Waals surface area (Å²) in [4.78, 5) is 38.0. The molecule has 1 aliphatic carbocycles. The van der Waals surface area contributed by atoms with E-state index in [1.54, 1.807) is 38.1 Å². The molecule has 0 fully saturated rings. The number of benzene rings is 1. The van der Waals surface area contributed by atoms with Crippen molar-refractivity contribution >= 4 is 39.9 Å². The topological polar surface area (TPSA) is 93.7 Å². The number of ether oxygens (including phenoxy) is 2. The lowest BCUT2D eigenvalue weighted by atomic mass is 9.95. The second-order valence-electron chi connectivity index (χ2n) is 6.84. The number of carbonyl (C=O) groups excluding carboxylic acids is 3. The lowest BCUT2D eigenvalue weighted by molar-refractivity contribution is -0.114.